The van der Waals surface area contributed by atoms with E-state index >= 15 is 0 Å². The molecule has 1 aromatic rings. The van der Waals surface area contributed by atoms with Crippen LogP contribution in [0.3, 0.4) is 0 Å². The number of hydrogen-bond donors (Lipinski definition) is 0. The number of piperidine rings is 1. The van der Waals surface area contributed by atoms with Crippen LogP contribution in [-0.4, -0.2) is 49.2 Å². The number of unbranched alkanes of at least 4 members (excludes halogenated alkanes) is 2. The minimum atomic E-state index is -0.292. The summed E-state index contributed by atoms with van der Waals surface area (Å²) in [5.74, 6) is -0.458. The van der Waals surface area contributed by atoms with Gasteiger partial charge in [0.05, 0.1) is 19.1 Å². The first-order chi connectivity index (χ1) is 13.2. The van der Waals surface area contributed by atoms with Crippen LogP contribution >= 0.6 is 0 Å². The summed E-state index contributed by atoms with van der Waals surface area (Å²) in [5, 5.41) is 0. The zero-order valence-electron chi connectivity index (χ0n) is 16.7. The van der Waals surface area contributed by atoms with Crippen molar-refractivity contribution in [1.82, 2.24) is 4.90 Å². The van der Waals surface area contributed by atoms with Gasteiger partial charge in [-0.15, -0.1) is 0 Å². The molecular formula is C22H33NO4. The Balaban J connectivity index is 1.93. The Kier molecular flexibility index (Phi) is 9.32. The van der Waals surface area contributed by atoms with Gasteiger partial charge in [-0.3, -0.25) is 9.69 Å². The van der Waals surface area contributed by atoms with Crippen LogP contribution in [0.25, 0.3) is 0 Å². The molecule has 0 bridgehead atoms. The lowest BCUT2D eigenvalue weighted by molar-refractivity contribution is -0.142. The van der Waals surface area contributed by atoms with E-state index in [-0.39, 0.29) is 18.0 Å². The molecule has 1 heterocycles. The topological polar surface area (TPSA) is 55.8 Å². The Morgan fingerprint density at radius 2 is 1.85 bits per heavy atom. The van der Waals surface area contributed by atoms with Gasteiger partial charge in [0.25, 0.3) is 0 Å². The van der Waals surface area contributed by atoms with Crippen LogP contribution in [0.1, 0.15) is 68.6 Å². The predicted octanol–water partition coefficient (Wildman–Crippen LogP) is 4.21. The zero-order valence-corrected chi connectivity index (χ0v) is 16.7. The molecule has 5 heteroatoms. The fraction of sp³-hybridized carbons (Fsp3) is 0.636. The third kappa shape index (κ3) is 6.98. The quantitative estimate of drug-likeness (QED) is 0.453. The van der Waals surface area contributed by atoms with Crippen LogP contribution in [0.15, 0.2) is 30.3 Å². The van der Waals surface area contributed by atoms with Crippen LogP contribution < -0.4 is 0 Å². The van der Waals surface area contributed by atoms with E-state index in [1.165, 1.54) is 26.4 Å². The van der Waals surface area contributed by atoms with Gasteiger partial charge in [0.2, 0.25) is 0 Å². The third-order valence-electron chi connectivity index (χ3n) is 5.38. The first-order valence-corrected chi connectivity index (χ1v) is 10.2. The largest absolute Gasteiger partial charge is 0.469 e. The molecule has 2 rings (SSSR count). The van der Waals surface area contributed by atoms with Crippen molar-refractivity contribution in [3.8, 4) is 0 Å². The van der Waals surface area contributed by atoms with Crippen molar-refractivity contribution in [3.63, 3.8) is 0 Å². The number of methoxy groups -OCH3 is 1. The highest BCUT2D eigenvalue weighted by molar-refractivity contribution is 5.89. The van der Waals surface area contributed by atoms with Crippen molar-refractivity contribution in [2.75, 3.05) is 20.3 Å². The van der Waals surface area contributed by atoms with Crippen molar-refractivity contribution in [3.05, 3.63) is 35.9 Å². The van der Waals surface area contributed by atoms with Gasteiger partial charge in [-0.2, -0.15) is 0 Å². The van der Waals surface area contributed by atoms with Gasteiger partial charge in [-0.05, 0) is 31.4 Å². The minimum absolute atomic E-state index is 0.166. The van der Waals surface area contributed by atoms with Crippen LogP contribution in [-0.2, 0) is 14.3 Å². The average Bonchev–Trinajstić information content (AvgIpc) is 2.70. The molecule has 0 spiro atoms. The molecule has 2 atom stereocenters. The average molecular weight is 376 g/mol. The van der Waals surface area contributed by atoms with Gasteiger partial charge in [0, 0.05) is 18.6 Å². The van der Waals surface area contributed by atoms with Gasteiger partial charge in [-0.1, -0.05) is 50.8 Å². The molecule has 150 valence electrons. The maximum atomic E-state index is 12.2. The van der Waals surface area contributed by atoms with Crippen molar-refractivity contribution in [2.24, 2.45) is 0 Å². The second-order valence-electron chi connectivity index (χ2n) is 7.25. The number of esters is 2. The Morgan fingerprint density at radius 3 is 2.56 bits per heavy atom. The summed E-state index contributed by atoms with van der Waals surface area (Å²) in [5.41, 5.74) is 0.571. The summed E-state index contributed by atoms with van der Waals surface area (Å²) in [6, 6.07) is 9.69. The van der Waals surface area contributed by atoms with Gasteiger partial charge in [0.1, 0.15) is 6.61 Å². The Bertz CT molecular complexity index is 575. The van der Waals surface area contributed by atoms with Gasteiger partial charge in [-0.25, -0.2) is 4.79 Å². The Hall–Kier alpha value is -1.88. The van der Waals surface area contributed by atoms with Gasteiger partial charge >= 0.3 is 11.9 Å². The summed E-state index contributed by atoms with van der Waals surface area (Å²) in [7, 11) is 1.44. The summed E-state index contributed by atoms with van der Waals surface area (Å²) in [4.78, 5) is 26.4. The molecule has 1 aliphatic rings. The number of ether oxygens (including phenoxy) is 2. The van der Waals surface area contributed by atoms with Crippen molar-refractivity contribution in [1.29, 1.82) is 0 Å². The Labute approximate surface area is 163 Å². The SMILES string of the molecule is CCCCC[C@H]1CCC[C@H](CC(=O)OC)N1CCOC(=O)c1ccccc1. The van der Waals surface area contributed by atoms with Crippen molar-refractivity contribution < 1.29 is 19.1 Å². The molecule has 0 saturated carbocycles. The fourth-order valence-corrected chi connectivity index (χ4v) is 3.92. The normalized spacial score (nSPS) is 20.2. The van der Waals surface area contributed by atoms with Crippen LogP contribution in [0.2, 0.25) is 0 Å². The van der Waals surface area contributed by atoms with E-state index in [4.69, 9.17) is 9.47 Å². The molecule has 0 aliphatic carbocycles. The number of hydrogen-bond acceptors (Lipinski definition) is 5. The van der Waals surface area contributed by atoms with E-state index in [9.17, 15) is 9.59 Å². The summed E-state index contributed by atoms with van der Waals surface area (Å²) in [6.45, 7) is 3.22. The van der Waals surface area contributed by atoms with E-state index in [1.54, 1.807) is 12.1 Å². The smallest absolute Gasteiger partial charge is 0.338 e. The molecule has 27 heavy (non-hydrogen) atoms. The molecule has 0 aromatic heterocycles. The highest BCUT2D eigenvalue weighted by Crippen LogP contribution is 2.28. The minimum Gasteiger partial charge on any atom is -0.469 e. The standard InChI is InChI=1S/C22H33NO4/c1-3-4-6-12-19-13-9-14-20(17-21(24)26-2)23(19)15-16-27-22(25)18-10-7-5-8-11-18/h5,7-8,10-11,19-20H,3-4,6,9,12-17H2,1-2H3/t19-,20+/m0/s1. The van der Waals surface area contributed by atoms with E-state index in [0.29, 0.717) is 31.2 Å². The lowest BCUT2D eigenvalue weighted by atomic mass is 9.90. The van der Waals surface area contributed by atoms with Crippen LogP contribution in [0, 0.1) is 0 Å². The molecule has 1 fully saturated rings. The molecule has 0 radical (unpaired) electrons. The van der Waals surface area contributed by atoms with Crippen molar-refractivity contribution >= 4 is 11.9 Å². The molecule has 0 amide bonds. The first kappa shape index (κ1) is 21.4. The second kappa shape index (κ2) is 11.8. The maximum absolute atomic E-state index is 12.2. The van der Waals surface area contributed by atoms with E-state index in [0.717, 1.165) is 25.7 Å². The maximum Gasteiger partial charge on any atom is 0.338 e. The molecule has 1 saturated heterocycles. The summed E-state index contributed by atoms with van der Waals surface area (Å²) >= 11 is 0. The van der Waals surface area contributed by atoms with E-state index in [1.807, 2.05) is 18.2 Å². The number of benzene rings is 1. The number of rotatable bonds is 10. The van der Waals surface area contributed by atoms with Gasteiger partial charge in [0.15, 0.2) is 0 Å². The van der Waals surface area contributed by atoms with E-state index < -0.39 is 0 Å². The number of carbonyl (C=O) groups excluding carboxylic acids is 2. The fourth-order valence-electron chi connectivity index (χ4n) is 3.92. The molecule has 0 unspecified atom stereocenters. The molecular weight excluding hydrogens is 342 g/mol. The predicted molar refractivity (Wildman–Crippen MR) is 106 cm³/mol. The molecule has 1 aliphatic heterocycles. The summed E-state index contributed by atoms with van der Waals surface area (Å²) in [6.07, 6.45) is 8.46. The monoisotopic (exact) mass is 375 g/mol. The third-order valence-corrected chi connectivity index (χ3v) is 5.38. The number of nitrogens with zero attached hydrogens (tertiary/aromatic N) is 1. The van der Waals surface area contributed by atoms with E-state index in [2.05, 4.69) is 11.8 Å². The van der Waals surface area contributed by atoms with Crippen LogP contribution in [0.4, 0.5) is 0 Å². The highest BCUT2D eigenvalue weighted by atomic mass is 16.5. The Morgan fingerprint density at radius 1 is 1.11 bits per heavy atom. The van der Waals surface area contributed by atoms with Crippen molar-refractivity contribution in [2.45, 2.75) is 70.4 Å². The lowest BCUT2D eigenvalue weighted by Crippen LogP contribution is -2.49. The molecule has 1 aromatic carbocycles. The molecule has 0 N–H and O–H groups in total. The molecule has 5 nitrogen and oxygen atoms in total. The zero-order chi connectivity index (χ0) is 19.5. The van der Waals surface area contributed by atoms with Gasteiger partial charge < -0.3 is 9.47 Å². The number of likely N-dealkylation sites (tertiary alicyclic amines) is 1. The highest BCUT2D eigenvalue weighted by Gasteiger charge is 2.31. The number of carbonyl (C=O) groups is 2. The first-order valence-electron chi connectivity index (χ1n) is 10.2. The second-order valence-corrected chi connectivity index (χ2v) is 7.25. The lowest BCUT2D eigenvalue weighted by Gasteiger charge is -2.42. The summed E-state index contributed by atoms with van der Waals surface area (Å²) < 4.78 is 10.4. The van der Waals surface area contributed by atoms with Crippen LogP contribution in [0.5, 0.6) is 0 Å².